The third-order valence-electron chi connectivity index (χ3n) is 4.19. The quantitative estimate of drug-likeness (QED) is 0.758. The van der Waals surface area contributed by atoms with Gasteiger partial charge in [0.05, 0.1) is 6.04 Å². The van der Waals surface area contributed by atoms with Crippen LogP contribution in [0.3, 0.4) is 0 Å². The molecule has 0 saturated heterocycles. The van der Waals surface area contributed by atoms with Crippen LogP contribution in [0, 0.1) is 5.92 Å². The smallest absolute Gasteiger partial charge is 0.136 e. The van der Waals surface area contributed by atoms with Crippen molar-refractivity contribution in [2.45, 2.75) is 51.3 Å². The van der Waals surface area contributed by atoms with Gasteiger partial charge in [-0.05, 0) is 37.8 Å². The summed E-state index contributed by atoms with van der Waals surface area (Å²) >= 11 is -1.11. The van der Waals surface area contributed by atoms with Gasteiger partial charge in [-0.15, -0.1) is 4.72 Å². The summed E-state index contributed by atoms with van der Waals surface area (Å²) in [6, 6.07) is 21.1. The maximum absolute atomic E-state index is 12.7. The second-order valence-corrected chi connectivity index (χ2v) is 9.57. The van der Waals surface area contributed by atoms with Gasteiger partial charge < -0.3 is 4.55 Å². The lowest BCUT2D eigenvalue weighted by molar-refractivity contribution is 0.405. The van der Waals surface area contributed by atoms with Crippen molar-refractivity contribution >= 4 is 11.4 Å². The molecule has 2 unspecified atom stereocenters. The summed E-state index contributed by atoms with van der Waals surface area (Å²) in [6.07, 6.45) is 0. The lowest BCUT2D eigenvalue weighted by Gasteiger charge is -2.35. The molecule has 0 aliphatic carbocycles. The minimum absolute atomic E-state index is 0.0925. The zero-order valence-corrected chi connectivity index (χ0v) is 16.1. The summed E-state index contributed by atoms with van der Waals surface area (Å²) < 4.78 is 15.9. The van der Waals surface area contributed by atoms with Crippen LogP contribution in [0.2, 0.25) is 0 Å². The van der Waals surface area contributed by atoms with Gasteiger partial charge in [0.15, 0.2) is 0 Å². The molecule has 2 atom stereocenters. The molecule has 0 spiro atoms. The number of hydrogen-bond acceptors (Lipinski definition) is 2. The highest BCUT2D eigenvalue weighted by molar-refractivity contribution is 7.90. The first-order valence-corrected chi connectivity index (χ1v) is 9.73. The van der Waals surface area contributed by atoms with Crippen molar-refractivity contribution in [3.05, 3.63) is 71.8 Å². The highest BCUT2D eigenvalue weighted by Gasteiger charge is 2.35. The maximum Gasteiger partial charge on any atom is 0.136 e. The Hall–Kier alpha value is -1.29. The first-order valence-electron chi connectivity index (χ1n) is 8.58. The molecule has 130 valence electrons. The topological polar surface area (TPSA) is 35.1 Å². The second kappa shape index (κ2) is 8.19. The summed E-state index contributed by atoms with van der Waals surface area (Å²) in [5, 5.41) is 0. The molecule has 0 aromatic heterocycles. The van der Waals surface area contributed by atoms with Crippen molar-refractivity contribution in [1.29, 1.82) is 0 Å². The van der Waals surface area contributed by atoms with E-state index in [-0.39, 0.29) is 16.7 Å². The molecule has 0 aliphatic heterocycles. The van der Waals surface area contributed by atoms with E-state index in [1.165, 1.54) is 11.1 Å². The molecule has 2 nitrogen and oxygen atoms in total. The molecule has 1 N–H and O–H groups in total. The highest BCUT2D eigenvalue weighted by atomic mass is 32.2. The summed E-state index contributed by atoms with van der Waals surface area (Å²) in [4.78, 5) is 0. The Morgan fingerprint density at radius 1 is 0.833 bits per heavy atom. The van der Waals surface area contributed by atoms with Crippen LogP contribution in [-0.2, 0) is 11.4 Å². The monoisotopic (exact) mass is 343 g/mol. The van der Waals surface area contributed by atoms with E-state index in [4.69, 9.17) is 0 Å². The van der Waals surface area contributed by atoms with Crippen molar-refractivity contribution in [2.24, 2.45) is 5.92 Å². The first kappa shape index (κ1) is 19.0. The van der Waals surface area contributed by atoms with Crippen LogP contribution in [0.15, 0.2) is 60.7 Å². The van der Waals surface area contributed by atoms with Gasteiger partial charge in [-0.25, -0.2) is 0 Å². The molecule has 0 fully saturated rings. The normalized spacial score (nSPS) is 14.8. The molecule has 2 aromatic rings. The van der Waals surface area contributed by atoms with Crippen LogP contribution in [0.4, 0.5) is 0 Å². The predicted octanol–water partition coefficient (Wildman–Crippen LogP) is 4.89. The Morgan fingerprint density at radius 2 is 1.25 bits per heavy atom. The number of rotatable bonds is 6. The van der Waals surface area contributed by atoms with Crippen LogP contribution >= 0.6 is 0 Å². The Morgan fingerprint density at radius 3 is 1.58 bits per heavy atom. The van der Waals surface area contributed by atoms with Gasteiger partial charge in [0.2, 0.25) is 0 Å². The van der Waals surface area contributed by atoms with Crippen molar-refractivity contribution in [3.63, 3.8) is 0 Å². The fourth-order valence-electron chi connectivity index (χ4n) is 2.82. The van der Waals surface area contributed by atoms with Crippen LogP contribution in [-0.4, -0.2) is 15.3 Å². The first-order chi connectivity index (χ1) is 11.3. The molecule has 0 heterocycles. The van der Waals surface area contributed by atoms with Crippen LogP contribution in [0.1, 0.15) is 51.7 Å². The standard InChI is InChI=1S/C21H29NOS/c1-16(2)20(22-24(23)21(3,4)5)19(17-12-8-6-9-13-17)18-14-10-7-11-15-18/h6-16,19-20,22H,1-5H3. The third kappa shape index (κ3) is 4.85. The largest absolute Gasteiger partial charge is 0.598 e. The summed E-state index contributed by atoms with van der Waals surface area (Å²) in [5.41, 5.74) is 2.50. The van der Waals surface area contributed by atoms with E-state index in [0.29, 0.717) is 5.92 Å². The van der Waals surface area contributed by atoms with Gasteiger partial charge in [0.25, 0.3) is 0 Å². The molecule has 2 aromatic carbocycles. The number of nitrogens with one attached hydrogen (secondary N) is 1. The Bertz CT molecular complexity index is 567. The molecule has 24 heavy (non-hydrogen) atoms. The Kier molecular flexibility index (Phi) is 6.50. The summed E-state index contributed by atoms with van der Waals surface area (Å²) in [7, 11) is 0. The zero-order chi connectivity index (χ0) is 17.7. The lowest BCUT2D eigenvalue weighted by atomic mass is 9.81. The van der Waals surface area contributed by atoms with Crippen LogP contribution in [0.25, 0.3) is 0 Å². The van der Waals surface area contributed by atoms with E-state index in [9.17, 15) is 4.55 Å². The van der Waals surface area contributed by atoms with Crippen molar-refractivity contribution in [1.82, 2.24) is 4.72 Å². The molecule has 0 aliphatic rings. The summed E-state index contributed by atoms with van der Waals surface area (Å²) in [6.45, 7) is 10.4. The van der Waals surface area contributed by atoms with E-state index >= 15 is 0 Å². The number of benzene rings is 2. The van der Waals surface area contributed by atoms with E-state index in [1.54, 1.807) is 0 Å². The molecule has 0 saturated carbocycles. The Balaban J connectivity index is 2.43. The van der Waals surface area contributed by atoms with E-state index in [2.05, 4.69) is 67.1 Å². The predicted molar refractivity (Wildman–Crippen MR) is 104 cm³/mol. The Labute approximate surface area is 150 Å². The number of hydrogen-bond donors (Lipinski definition) is 1. The fourth-order valence-corrected chi connectivity index (χ4v) is 3.83. The van der Waals surface area contributed by atoms with Crippen LogP contribution < -0.4 is 4.72 Å². The minimum atomic E-state index is -1.11. The fraction of sp³-hybridized carbons (Fsp3) is 0.429. The van der Waals surface area contributed by atoms with Crippen molar-refractivity contribution < 1.29 is 4.55 Å². The van der Waals surface area contributed by atoms with Gasteiger partial charge in [0.1, 0.15) is 4.75 Å². The van der Waals surface area contributed by atoms with Crippen molar-refractivity contribution in [2.75, 3.05) is 0 Å². The average Bonchev–Trinajstić information content (AvgIpc) is 2.55. The van der Waals surface area contributed by atoms with E-state index in [0.717, 1.165) is 0 Å². The lowest BCUT2D eigenvalue weighted by Crippen LogP contribution is -2.49. The minimum Gasteiger partial charge on any atom is -0.598 e. The molecular weight excluding hydrogens is 314 g/mol. The van der Waals surface area contributed by atoms with E-state index in [1.807, 2.05) is 32.9 Å². The van der Waals surface area contributed by atoms with Gasteiger partial charge in [-0.3, -0.25) is 0 Å². The van der Waals surface area contributed by atoms with Crippen LogP contribution in [0.5, 0.6) is 0 Å². The SMILES string of the molecule is CC(C)C(N[S+]([O-])C(C)(C)C)C(c1ccccc1)c1ccccc1. The highest BCUT2D eigenvalue weighted by Crippen LogP contribution is 2.32. The summed E-state index contributed by atoms with van der Waals surface area (Å²) in [5.74, 6) is 0.514. The van der Waals surface area contributed by atoms with Gasteiger partial charge in [-0.1, -0.05) is 74.5 Å². The average molecular weight is 344 g/mol. The van der Waals surface area contributed by atoms with E-state index < -0.39 is 11.4 Å². The van der Waals surface area contributed by atoms with Gasteiger partial charge >= 0.3 is 0 Å². The second-order valence-electron chi connectivity index (χ2n) is 7.57. The maximum atomic E-state index is 12.7. The molecule has 2 rings (SSSR count). The molecule has 0 amide bonds. The molecular formula is C21H29NOS. The molecule has 0 bridgehead atoms. The molecule has 3 heteroatoms. The third-order valence-corrected chi connectivity index (χ3v) is 5.79. The van der Waals surface area contributed by atoms with Gasteiger partial charge in [-0.2, -0.15) is 0 Å². The molecule has 0 radical (unpaired) electrons. The van der Waals surface area contributed by atoms with Crippen molar-refractivity contribution in [3.8, 4) is 0 Å². The zero-order valence-electron chi connectivity index (χ0n) is 15.3. The van der Waals surface area contributed by atoms with Gasteiger partial charge in [0, 0.05) is 17.3 Å².